The van der Waals surface area contributed by atoms with Gasteiger partial charge in [-0.15, -0.1) is 22.7 Å². The van der Waals surface area contributed by atoms with E-state index in [1.807, 2.05) is 25.1 Å². The maximum Gasteiger partial charge on any atom is 0.264 e. The maximum absolute atomic E-state index is 12.4. The highest BCUT2D eigenvalue weighted by molar-refractivity contribution is 7.21. The van der Waals surface area contributed by atoms with E-state index in [1.54, 1.807) is 17.5 Å². The number of rotatable bonds is 3. The molecule has 0 aliphatic heterocycles. The Balaban J connectivity index is 1.85. The molecule has 3 N–H and O–H groups in total. The van der Waals surface area contributed by atoms with E-state index >= 15 is 0 Å². The Kier molecular flexibility index (Phi) is 3.65. The Labute approximate surface area is 130 Å². The Bertz CT molecular complexity index is 806. The number of amides is 1. The lowest BCUT2D eigenvalue weighted by Gasteiger charge is -2.11. The fraction of sp³-hybridized carbons (Fsp3) is 0.200. The van der Waals surface area contributed by atoms with Crippen molar-refractivity contribution in [3.8, 4) is 0 Å². The summed E-state index contributed by atoms with van der Waals surface area (Å²) in [5.74, 6) is -0.144. The average molecular weight is 317 g/mol. The van der Waals surface area contributed by atoms with E-state index < -0.39 is 0 Å². The number of nitrogen functional groups attached to an aromatic ring is 1. The van der Waals surface area contributed by atoms with Gasteiger partial charge in [0, 0.05) is 16.0 Å². The van der Waals surface area contributed by atoms with E-state index in [-0.39, 0.29) is 11.9 Å². The number of anilines is 1. The van der Waals surface area contributed by atoms with Crippen LogP contribution in [0.4, 0.5) is 5.69 Å². The highest BCUT2D eigenvalue weighted by Gasteiger charge is 2.19. The minimum absolute atomic E-state index is 0.0335. The number of nitrogens with one attached hydrogen (secondary N) is 1. The van der Waals surface area contributed by atoms with Gasteiger partial charge in [-0.25, -0.2) is 0 Å². The van der Waals surface area contributed by atoms with Crippen molar-refractivity contribution in [2.75, 3.05) is 5.73 Å². The summed E-state index contributed by atoms with van der Waals surface area (Å²) in [6, 6.07) is 7.83. The van der Waals surface area contributed by atoms with Gasteiger partial charge in [-0.3, -0.25) is 9.78 Å². The van der Waals surface area contributed by atoms with Crippen molar-refractivity contribution in [3.63, 3.8) is 0 Å². The third kappa shape index (κ3) is 2.64. The molecule has 0 spiro atoms. The van der Waals surface area contributed by atoms with Crippen LogP contribution in [0, 0.1) is 6.92 Å². The van der Waals surface area contributed by atoms with Crippen molar-refractivity contribution in [2.24, 2.45) is 0 Å². The second kappa shape index (κ2) is 5.46. The largest absolute Gasteiger partial charge is 0.396 e. The molecule has 3 aromatic rings. The zero-order chi connectivity index (χ0) is 15.0. The number of carbonyl (C=O) groups is 1. The van der Waals surface area contributed by atoms with E-state index in [4.69, 9.17) is 5.73 Å². The molecule has 0 saturated carbocycles. The molecule has 1 unspecified atom stereocenters. The summed E-state index contributed by atoms with van der Waals surface area (Å²) in [6.45, 7) is 4.03. The molecule has 4 nitrogen and oxygen atoms in total. The molecule has 0 aliphatic carbocycles. The molecule has 6 heteroatoms. The van der Waals surface area contributed by atoms with Crippen LogP contribution >= 0.6 is 22.7 Å². The van der Waals surface area contributed by atoms with Gasteiger partial charge in [0.25, 0.3) is 5.91 Å². The molecule has 3 rings (SSSR count). The first-order valence-electron chi connectivity index (χ1n) is 6.56. The molecule has 0 radical (unpaired) electrons. The van der Waals surface area contributed by atoms with Crippen molar-refractivity contribution in [1.82, 2.24) is 10.3 Å². The fourth-order valence-electron chi connectivity index (χ4n) is 2.14. The second-order valence-corrected chi connectivity index (χ2v) is 7.21. The first kappa shape index (κ1) is 14.0. The molecule has 21 heavy (non-hydrogen) atoms. The number of aryl methyl sites for hydroxylation is 1. The Morgan fingerprint density at radius 1 is 1.33 bits per heavy atom. The van der Waals surface area contributed by atoms with Crippen LogP contribution < -0.4 is 11.1 Å². The zero-order valence-electron chi connectivity index (χ0n) is 11.7. The number of carbonyl (C=O) groups excluding carboxylic acids is 1. The molecule has 0 aromatic carbocycles. The topological polar surface area (TPSA) is 68.0 Å². The third-order valence-electron chi connectivity index (χ3n) is 3.22. The number of hydrogen-bond donors (Lipinski definition) is 2. The minimum Gasteiger partial charge on any atom is -0.396 e. The second-order valence-electron chi connectivity index (χ2n) is 4.84. The summed E-state index contributed by atoms with van der Waals surface area (Å²) in [4.78, 5) is 19.6. The smallest absolute Gasteiger partial charge is 0.264 e. The van der Waals surface area contributed by atoms with E-state index in [2.05, 4.69) is 23.3 Å². The number of nitrogens with zero attached hydrogens (tertiary/aromatic N) is 1. The zero-order valence-corrected chi connectivity index (χ0v) is 13.3. The number of pyridine rings is 1. The first-order valence-corrected chi connectivity index (χ1v) is 8.19. The lowest BCUT2D eigenvalue weighted by Crippen LogP contribution is -2.25. The van der Waals surface area contributed by atoms with Gasteiger partial charge < -0.3 is 11.1 Å². The van der Waals surface area contributed by atoms with Gasteiger partial charge in [-0.1, -0.05) is 0 Å². The summed E-state index contributed by atoms with van der Waals surface area (Å²) in [7, 11) is 0. The number of nitrogens with two attached hydrogens (primary N) is 1. The number of fused-ring (bicyclic) bond motifs is 1. The first-order chi connectivity index (χ1) is 10.1. The summed E-state index contributed by atoms with van der Waals surface area (Å²) < 4.78 is 0.930. The summed E-state index contributed by atoms with van der Waals surface area (Å²) >= 11 is 3.07. The fourth-order valence-corrected chi connectivity index (χ4v) is 4.00. The molecule has 0 aliphatic rings. The van der Waals surface area contributed by atoms with Gasteiger partial charge in [-0.2, -0.15) is 0 Å². The van der Waals surface area contributed by atoms with E-state index in [9.17, 15) is 4.79 Å². The summed E-state index contributed by atoms with van der Waals surface area (Å²) in [5, 5.41) is 3.00. The monoisotopic (exact) mass is 317 g/mol. The van der Waals surface area contributed by atoms with E-state index in [0.29, 0.717) is 16.1 Å². The van der Waals surface area contributed by atoms with Gasteiger partial charge in [-0.05, 0) is 38.1 Å². The molecule has 1 atom stereocenters. The summed E-state index contributed by atoms with van der Waals surface area (Å²) in [6.07, 6.45) is 1.68. The lowest BCUT2D eigenvalue weighted by molar-refractivity contribution is 0.0945. The van der Waals surface area contributed by atoms with Gasteiger partial charge >= 0.3 is 0 Å². The van der Waals surface area contributed by atoms with Crippen LogP contribution in [0.25, 0.3) is 10.2 Å². The van der Waals surface area contributed by atoms with E-state index in [1.165, 1.54) is 16.2 Å². The van der Waals surface area contributed by atoms with Crippen LogP contribution in [0.2, 0.25) is 0 Å². The van der Waals surface area contributed by atoms with Crippen molar-refractivity contribution in [2.45, 2.75) is 19.9 Å². The van der Waals surface area contributed by atoms with Crippen LogP contribution in [-0.4, -0.2) is 10.9 Å². The molecular formula is C15H15N3OS2. The quantitative estimate of drug-likeness (QED) is 0.773. The van der Waals surface area contributed by atoms with Gasteiger partial charge in [0.15, 0.2) is 0 Å². The van der Waals surface area contributed by atoms with Gasteiger partial charge in [0.1, 0.15) is 10.4 Å². The minimum atomic E-state index is -0.144. The van der Waals surface area contributed by atoms with Crippen LogP contribution in [0.5, 0.6) is 0 Å². The van der Waals surface area contributed by atoms with Crippen LogP contribution in [-0.2, 0) is 0 Å². The third-order valence-corrected chi connectivity index (χ3v) is 5.57. The van der Waals surface area contributed by atoms with Crippen LogP contribution in [0.3, 0.4) is 0 Å². The molecular weight excluding hydrogens is 302 g/mol. The van der Waals surface area contributed by atoms with Crippen LogP contribution in [0.1, 0.15) is 32.4 Å². The van der Waals surface area contributed by atoms with Crippen LogP contribution in [0.15, 0.2) is 30.5 Å². The summed E-state index contributed by atoms with van der Waals surface area (Å²) in [5.41, 5.74) is 7.21. The maximum atomic E-state index is 12.4. The van der Waals surface area contributed by atoms with Crippen molar-refractivity contribution >= 4 is 44.5 Å². The van der Waals surface area contributed by atoms with Crippen molar-refractivity contribution in [1.29, 1.82) is 0 Å². The molecule has 0 bridgehead atoms. The molecule has 0 fully saturated rings. The number of hydrogen-bond acceptors (Lipinski definition) is 5. The molecule has 1 amide bonds. The van der Waals surface area contributed by atoms with Gasteiger partial charge in [0.05, 0.1) is 16.4 Å². The normalized spacial score (nSPS) is 12.5. The predicted molar refractivity (Wildman–Crippen MR) is 89.0 cm³/mol. The SMILES string of the molecule is Cc1ccc(C(C)NC(=O)c2sc3cccnc3c2N)s1. The number of aromatic nitrogens is 1. The molecule has 0 saturated heterocycles. The van der Waals surface area contributed by atoms with Crippen molar-refractivity contribution in [3.05, 3.63) is 45.1 Å². The highest BCUT2D eigenvalue weighted by atomic mass is 32.1. The molecule has 3 heterocycles. The number of thiophene rings is 2. The average Bonchev–Trinajstić information content (AvgIpc) is 3.04. The molecule has 3 aromatic heterocycles. The van der Waals surface area contributed by atoms with Crippen molar-refractivity contribution < 1.29 is 4.79 Å². The standard InChI is InChI=1S/C15H15N3OS2/c1-8-5-6-10(20-8)9(2)18-15(19)14-12(16)13-11(21-14)4-3-7-17-13/h3-7,9H,16H2,1-2H3,(H,18,19). The Morgan fingerprint density at radius 3 is 2.81 bits per heavy atom. The predicted octanol–water partition coefficient (Wildman–Crippen LogP) is 3.74. The highest BCUT2D eigenvalue weighted by Crippen LogP contribution is 2.32. The molecule has 108 valence electrons. The Morgan fingerprint density at radius 2 is 2.14 bits per heavy atom. The Hall–Kier alpha value is -1.92. The van der Waals surface area contributed by atoms with E-state index in [0.717, 1.165) is 9.58 Å². The van der Waals surface area contributed by atoms with Gasteiger partial charge in [0.2, 0.25) is 0 Å². The lowest BCUT2D eigenvalue weighted by atomic mass is 10.2.